The molecule has 0 aromatic heterocycles. The van der Waals surface area contributed by atoms with E-state index in [4.69, 9.17) is 0 Å². The molecule has 6 heteroatoms. The zero-order valence-electron chi connectivity index (χ0n) is 13.3. The maximum absolute atomic E-state index is 11.3. The van der Waals surface area contributed by atoms with Gasteiger partial charge < -0.3 is 10.2 Å². The Hall–Kier alpha value is -0.1000. The van der Waals surface area contributed by atoms with Gasteiger partial charge in [0.1, 0.15) is 0 Å². The summed E-state index contributed by atoms with van der Waals surface area (Å²) in [5.74, 6) is -2.68. The molecule has 1 aromatic carbocycles. The van der Waals surface area contributed by atoms with Crippen molar-refractivity contribution in [3.05, 3.63) is 46.5 Å². The fourth-order valence-corrected chi connectivity index (χ4v) is 2.01. The summed E-state index contributed by atoms with van der Waals surface area (Å²) in [6.45, 7) is 5.25. The number of hydrogen-bond donors (Lipinski definition) is 2. The van der Waals surface area contributed by atoms with E-state index in [0.717, 1.165) is 11.1 Å². The van der Waals surface area contributed by atoms with E-state index < -0.39 is 11.9 Å². The van der Waals surface area contributed by atoms with Crippen LogP contribution in [-0.2, 0) is 16.0 Å². The van der Waals surface area contributed by atoms with E-state index in [-0.39, 0.29) is 82.6 Å². The molecule has 0 saturated carbocycles. The summed E-state index contributed by atoms with van der Waals surface area (Å²) in [6.07, 6.45) is 0.127. The molecule has 0 aliphatic carbocycles. The molecular weight excluding hydrogens is 290 g/mol. The van der Waals surface area contributed by atoms with Gasteiger partial charge in [0.2, 0.25) is 0 Å². The van der Waals surface area contributed by atoms with Gasteiger partial charge in [-0.25, -0.2) is 9.59 Å². The minimum atomic E-state index is -1.17. The first-order valence-electron chi connectivity index (χ1n) is 6.08. The molecule has 0 fully saturated rings. The van der Waals surface area contributed by atoms with Crippen LogP contribution in [0.4, 0.5) is 0 Å². The first-order chi connectivity index (χ1) is 8.84. The van der Waals surface area contributed by atoms with E-state index in [9.17, 15) is 19.8 Å². The Labute approximate surface area is 169 Å². The summed E-state index contributed by atoms with van der Waals surface area (Å²) in [4.78, 5) is 22.6. The van der Waals surface area contributed by atoms with Crippen LogP contribution < -0.4 is 0 Å². The Morgan fingerprint density at radius 2 is 1.57 bits per heavy atom. The van der Waals surface area contributed by atoms with Crippen LogP contribution in [0.15, 0.2) is 35.4 Å². The van der Waals surface area contributed by atoms with Crippen LogP contribution in [-0.4, -0.2) is 81.3 Å². The van der Waals surface area contributed by atoms with Gasteiger partial charge in [-0.2, -0.15) is 0 Å². The van der Waals surface area contributed by atoms with Crippen molar-refractivity contribution < 1.29 is 19.8 Å². The molecule has 2 radical (unpaired) electrons. The van der Waals surface area contributed by atoms with Gasteiger partial charge in [0.25, 0.3) is 0 Å². The van der Waals surface area contributed by atoms with Crippen molar-refractivity contribution in [1.82, 2.24) is 0 Å². The normalized spacial score (nSPS) is 11.0. The number of carbonyl (C=O) groups is 2. The van der Waals surface area contributed by atoms with E-state index in [1.54, 1.807) is 13.8 Å². The molecule has 1 aromatic rings. The molecule has 0 aliphatic rings. The Balaban J connectivity index is 0. The molecule has 0 aliphatic heterocycles. The van der Waals surface area contributed by atoms with Crippen molar-refractivity contribution in [2.45, 2.75) is 27.2 Å². The molecule has 0 spiro atoms. The van der Waals surface area contributed by atoms with Gasteiger partial charge in [0.15, 0.2) is 0 Å². The van der Waals surface area contributed by atoms with Crippen molar-refractivity contribution in [2.24, 2.45) is 5.92 Å². The van der Waals surface area contributed by atoms with E-state index in [2.05, 4.69) is 0 Å². The van der Waals surface area contributed by atoms with Crippen molar-refractivity contribution in [3.8, 4) is 0 Å². The molecule has 0 atom stereocenters. The predicted octanol–water partition coefficient (Wildman–Crippen LogP) is 1.90. The summed E-state index contributed by atoms with van der Waals surface area (Å²) in [6, 6.07) is 7.38. The molecule has 0 bridgehead atoms. The number of benzene rings is 1. The number of carboxylic acid groups (broad SMARTS) is 2. The molecule has 0 saturated heterocycles. The van der Waals surface area contributed by atoms with Gasteiger partial charge >= 0.3 is 11.9 Å². The van der Waals surface area contributed by atoms with Crippen molar-refractivity contribution in [3.63, 3.8) is 0 Å². The minimum absolute atomic E-state index is 0. The molecule has 1 rings (SSSR count). The zero-order chi connectivity index (χ0) is 14.6. The largest absolute Gasteiger partial charge is 0.478 e. The second-order valence-corrected chi connectivity index (χ2v) is 4.76. The second kappa shape index (κ2) is 10.6. The van der Waals surface area contributed by atoms with Crippen molar-refractivity contribution >= 4 is 71.1 Å². The fourth-order valence-electron chi connectivity index (χ4n) is 2.01. The minimum Gasteiger partial charge on any atom is -0.478 e. The average Bonchev–Trinajstić information content (AvgIpc) is 2.29. The average molecular weight is 308 g/mol. The SMILES string of the molecule is Cc1ccccc1CC(C(=O)O)=C(C(=O)O)C(C)C.[Na].[Na]. The van der Waals surface area contributed by atoms with Crippen LogP contribution in [0.2, 0.25) is 0 Å². The smallest absolute Gasteiger partial charge is 0.332 e. The zero-order valence-corrected chi connectivity index (χ0v) is 17.3. The van der Waals surface area contributed by atoms with Crippen LogP contribution >= 0.6 is 0 Å². The molecule has 4 nitrogen and oxygen atoms in total. The van der Waals surface area contributed by atoms with Gasteiger partial charge in [-0.3, -0.25) is 0 Å². The number of aryl methyl sites for hydroxylation is 1. The number of rotatable bonds is 5. The maximum atomic E-state index is 11.3. The number of aliphatic carboxylic acids is 2. The van der Waals surface area contributed by atoms with Crippen LogP contribution in [0, 0.1) is 12.8 Å². The molecule has 0 heterocycles. The van der Waals surface area contributed by atoms with Gasteiger partial charge in [-0.1, -0.05) is 38.1 Å². The van der Waals surface area contributed by atoms with Gasteiger partial charge in [-0.15, -0.1) is 0 Å². The quantitative estimate of drug-likeness (QED) is 0.643. The third-order valence-electron chi connectivity index (χ3n) is 3.02. The van der Waals surface area contributed by atoms with E-state index in [1.807, 2.05) is 31.2 Å². The summed E-state index contributed by atoms with van der Waals surface area (Å²) in [7, 11) is 0. The monoisotopic (exact) mass is 308 g/mol. The van der Waals surface area contributed by atoms with Gasteiger partial charge in [-0.05, 0) is 24.0 Å². The van der Waals surface area contributed by atoms with Crippen LogP contribution in [0.5, 0.6) is 0 Å². The molecule has 0 amide bonds. The van der Waals surface area contributed by atoms with Crippen LogP contribution in [0.3, 0.4) is 0 Å². The maximum Gasteiger partial charge on any atom is 0.332 e. The Kier molecular flexibility index (Phi) is 11.7. The Morgan fingerprint density at radius 3 is 1.95 bits per heavy atom. The summed E-state index contributed by atoms with van der Waals surface area (Å²) < 4.78 is 0. The third kappa shape index (κ3) is 6.68. The molecule has 104 valence electrons. The Morgan fingerprint density at radius 1 is 1.05 bits per heavy atom. The predicted molar refractivity (Wildman–Crippen MR) is 83.5 cm³/mol. The van der Waals surface area contributed by atoms with Crippen molar-refractivity contribution in [1.29, 1.82) is 0 Å². The second-order valence-electron chi connectivity index (χ2n) is 4.76. The molecule has 2 N–H and O–H groups in total. The van der Waals surface area contributed by atoms with E-state index >= 15 is 0 Å². The van der Waals surface area contributed by atoms with Crippen LogP contribution in [0.25, 0.3) is 0 Å². The molecule has 21 heavy (non-hydrogen) atoms. The van der Waals surface area contributed by atoms with Crippen LogP contribution in [0.1, 0.15) is 25.0 Å². The number of hydrogen-bond acceptors (Lipinski definition) is 2. The summed E-state index contributed by atoms with van der Waals surface area (Å²) >= 11 is 0. The van der Waals surface area contributed by atoms with E-state index in [1.165, 1.54) is 0 Å². The van der Waals surface area contributed by atoms with E-state index in [0.29, 0.717) is 0 Å². The van der Waals surface area contributed by atoms with Crippen molar-refractivity contribution in [2.75, 3.05) is 0 Å². The Bertz CT molecular complexity index is 536. The number of carboxylic acids is 2. The first-order valence-corrected chi connectivity index (χ1v) is 6.08. The third-order valence-corrected chi connectivity index (χ3v) is 3.02. The molecule has 0 unspecified atom stereocenters. The summed E-state index contributed by atoms with van der Waals surface area (Å²) in [5, 5.41) is 18.5. The first kappa shape index (κ1) is 23.2. The summed E-state index contributed by atoms with van der Waals surface area (Å²) in [5.41, 5.74) is 1.71. The van der Waals surface area contributed by atoms with Gasteiger partial charge in [0, 0.05) is 65.5 Å². The topological polar surface area (TPSA) is 74.6 Å². The molecular formula is C15H18Na2O4. The standard InChI is InChI=1S/C15H18O4.2Na/c1-9(2)13(15(18)19)12(14(16)17)8-11-7-5-4-6-10(11)3;;/h4-7,9H,8H2,1-3H3,(H,16,17)(H,18,19);;. The van der Waals surface area contributed by atoms with Gasteiger partial charge in [0.05, 0.1) is 11.1 Å². The fraction of sp³-hybridized carbons (Fsp3) is 0.333.